The van der Waals surface area contributed by atoms with Crippen molar-refractivity contribution in [2.45, 2.75) is 70.4 Å². The van der Waals surface area contributed by atoms with Crippen molar-refractivity contribution in [3.63, 3.8) is 0 Å². The molecule has 0 radical (unpaired) electrons. The summed E-state index contributed by atoms with van der Waals surface area (Å²) in [6, 6.07) is 4.52. The van der Waals surface area contributed by atoms with Gasteiger partial charge in [-0.2, -0.15) is 13.2 Å². The van der Waals surface area contributed by atoms with Crippen molar-refractivity contribution in [2.75, 3.05) is 0 Å². The number of hydrogen-bond acceptors (Lipinski definition) is 0. The van der Waals surface area contributed by atoms with Crippen LogP contribution in [0.5, 0.6) is 0 Å². The molecule has 0 aliphatic heterocycles. The predicted molar refractivity (Wildman–Crippen MR) is 104 cm³/mol. The molecule has 1 aromatic carbocycles. The van der Waals surface area contributed by atoms with E-state index in [2.05, 4.69) is 19.1 Å². The highest BCUT2D eigenvalue weighted by molar-refractivity contribution is 5.39. The average Bonchev–Trinajstić information content (AvgIpc) is 2.67. The average molecular weight is 392 g/mol. The summed E-state index contributed by atoms with van der Waals surface area (Å²) in [6.45, 7) is 2.09. The molecule has 0 nitrogen and oxygen atoms in total. The highest BCUT2D eigenvalue weighted by Crippen LogP contribution is 2.44. The van der Waals surface area contributed by atoms with Crippen LogP contribution in [0.3, 0.4) is 0 Å². The molecule has 1 aromatic rings. The van der Waals surface area contributed by atoms with Gasteiger partial charge in [0.05, 0.1) is 5.56 Å². The lowest BCUT2D eigenvalue weighted by molar-refractivity contribution is -0.0696. The lowest BCUT2D eigenvalue weighted by Gasteiger charge is -2.37. The highest BCUT2D eigenvalue weighted by atomic mass is 19.4. The van der Waals surface area contributed by atoms with Gasteiger partial charge in [0.1, 0.15) is 5.82 Å². The third-order valence-electron chi connectivity index (χ3n) is 6.52. The molecule has 152 valence electrons. The Morgan fingerprint density at radius 3 is 2.07 bits per heavy atom. The third kappa shape index (κ3) is 5.63. The first-order chi connectivity index (χ1) is 13.4. The van der Waals surface area contributed by atoms with Gasteiger partial charge in [0.15, 0.2) is 0 Å². The smallest absolute Gasteiger partial charge is 0.206 e. The molecule has 3 rings (SSSR count). The van der Waals surface area contributed by atoms with Crippen molar-refractivity contribution in [3.8, 4) is 11.8 Å². The van der Waals surface area contributed by atoms with E-state index < -0.39 is 12.0 Å². The maximum atomic E-state index is 14.2. The van der Waals surface area contributed by atoms with Crippen LogP contribution in [0.25, 0.3) is 0 Å². The highest BCUT2D eigenvalue weighted by Gasteiger charge is 2.31. The molecule has 2 aliphatic rings. The first-order valence-corrected chi connectivity index (χ1v) is 10.4. The number of hydrogen-bond donors (Lipinski definition) is 0. The minimum atomic E-state index is -4.60. The van der Waals surface area contributed by atoms with Crippen LogP contribution in [-0.2, 0) is 0 Å². The molecule has 2 fully saturated rings. The fourth-order valence-electron chi connectivity index (χ4n) is 5.03. The van der Waals surface area contributed by atoms with Crippen molar-refractivity contribution in [2.24, 2.45) is 17.8 Å². The zero-order chi connectivity index (χ0) is 20.1. The number of alkyl halides is 3. The predicted octanol–water partition coefficient (Wildman–Crippen LogP) is 7.40. The Bertz CT molecular complexity index is 734. The summed E-state index contributed by atoms with van der Waals surface area (Å²) in [7, 11) is 0. The summed E-state index contributed by atoms with van der Waals surface area (Å²) < 4.78 is 50.8. The van der Waals surface area contributed by atoms with Crippen molar-refractivity contribution < 1.29 is 17.6 Å². The van der Waals surface area contributed by atoms with Gasteiger partial charge in [-0.05, 0) is 99.7 Å². The lowest BCUT2D eigenvalue weighted by atomic mass is 9.68. The first-order valence-electron chi connectivity index (χ1n) is 10.4. The molecule has 2 saturated carbocycles. The zero-order valence-corrected chi connectivity index (χ0v) is 16.4. The van der Waals surface area contributed by atoms with Gasteiger partial charge in [0.25, 0.3) is 0 Å². The third-order valence-corrected chi connectivity index (χ3v) is 6.52. The molecule has 0 N–H and O–H groups in total. The summed E-state index contributed by atoms with van der Waals surface area (Å²) in [5, 5.41) is 0. The molecule has 2 aliphatic carbocycles. The normalized spacial score (nSPS) is 28.8. The van der Waals surface area contributed by atoms with E-state index in [0.29, 0.717) is 5.92 Å². The molecule has 0 unspecified atom stereocenters. The molecule has 0 spiro atoms. The van der Waals surface area contributed by atoms with Crippen LogP contribution >= 0.6 is 0 Å². The Kier molecular flexibility index (Phi) is 6.86. The van der Waals surface area contributed by atoms with Crippen molar-refractivity contribution in [3.05, 3.63) is 47.3 Å². The van der Waals surface area contributed by atoms with Gasteiger partial charge in [-0.3, -0.25) is 0 Å². The molecule has 0 aromatic heterocycles. The van der Waals surface area contributed by atoms with E-state index in [1.807, 2.05) is 5.92 Å². The van der Waals surface area contributed by atoms with Crippen LogP contribution < -0.4 is 0 Å². The maximum absolute atomic E-state index is 14.2. The minimum absolute atomic E-state index is 0.187. The van der Waals surface area contributed by atoms with Gasteiger partial charge in [-0.1, -0.05) is 24.1 Å². The summed E-state index contributed by atoms with van der Waals surface area (Å²) in [4.78, 5) is 0. The largest absolute Gasteiger partial charge is 0.458 e. The van der Waals surface area contributed by atoms with E-state index in [9.17, 15) is 17.6 Å². The van der Waals surface area contributed by atoms with E-state index in [-0.39, 0.29) is 5.56 Å². The van der Waals surface area contributed by atoms with Gasteiger partial charge in [-0.25, -0.2) is 4.39 Å². The van der Waals surface area contributed by atoms with E-state index in [1.54, 1.807) is 6.07 Å². The van der Waals surface area contributed by atoms with Gasteiger partial charge >= 0.3 is 6.18 Å². The molecule has 0 bridgehead atoms. The van der Waals surface area contributed by atoms with Crippen molar-refractivity contribution in [1.29, 1.82) is 0 Å². The minimum Gasteiger partial charge on any atom is -0.206 e. The summed E-state index contributed by atoms with van der Waals surface area (Å²) in [5.74, 6) is 5.01. The quantitative estimate of drug-likeness (QED) is 0.286. The molecule has 0 heterocycles. The Labute approximate surface area is 165 Å². The topological polar surface area (TPSA) is 0 Å². The second-order valence-electron chi connectivity index (χ2n) is 8.30. The molecule has 0 amide bonds. The Morgan fingerprint density at radius 1 is 0.929 bits per heavy atom. The van der Waals surface area contributed by atoms with Gasteiger partial charge in [0.2, 0.25) is 0 Å². The van der Waals surface area contributed by atoms with Crippen LogP contribution in [-0.4, -0.2) is 6.18 Å². The zero-order valence-electron chi connectivity index (χ0n) is 16.4. The summed E-state index contributed by atoms with van der Waals surface area (Å²) in [6.07, 6.45) is 9.51. The van der Waals surface area contributed by atoms with Crippen LogP contribution in [0.2, 0.25) is 0 Å². The Morgan fingerprint density at radius 2 is 1.54 bits per heavy atom. The SMILES string of the molecule is C/C=C/C1CCC(C2CCC(c3ccc(C#CC(F)(F)F)c(F)c3)CC2)CC1. The van der Waals surface area contributed by atoms with E-state index in [0.717, 1.165) is 42.1 Å². The molecular formula is C24H28F4. The molecule has 4 heteroatoms. The van der Waals surface area contributed by atoms with Gasteiger partial charge in [-0.15, -0.1) is 0 Å². The fraction of sp³-hybridized carbons (Fsp3) is 0.583. The van der Waals surface area contributed by atoms with Crippen LogP contribution in [0.4, 0.5) is 17.6 Å². The number of benzene rings is 1. The van der Waals surface area contributed by atoms with Crippen molar-refractivity contribution in [1.82, 2.24) is 0 Å². The Hall–Kier alpha value is -1.76. The summed E-state index contributed by atoms with van der Waals surface area (Å²) >= 11 is 0. The molecular weight excluding hydrogens is 364 g/mol. The Balaban J connectivity index is 1.55. The number of allylic oxidation sites excluding steroid dienone is 2. The molecule has 0 saturated heterocycles. The number of rotatable bonds is 3. The van der Waals surface area contributed by atoms with E-state index in [1.165, 1.54) is 50.7 Å². The van der Waals surface area contributed by atoms with Crippen LogP contribution in [0, 0.1) is 35.4 Å². The van der Waals surface area contributed by atoms with Crippen LogP contribution in [0.15, 0.2) is 30.4 Å². The van der Waals surface area contributed by atoms with Gasteiger partial charge < -0.3 is 0 Å². The maximum Gasteiger partial charge on any atom is 0.458 e. The van der Waals surface area contributed by atoms with Crippen LogP contribution in [0.1, 0.15) is 75.3 Å². The number of halogens is 4. The monoisotopic (exact) mass is 392 g/mol. The van der Waals surface area contributed by atoms with Gasteiger partial charge in [0, 0.05) is 5.92 Å². The van der Waals surface area contributed by atoms with E-state index in [4.69, 9.17) is 0 Å². The molecule has 28 heavy (non-hydrogen) atoms. The second-order valence-corrected chi connectivity index (χ2v) is 8.30. The lowest BCUT2D eigenvalue weighted by Crippen LogP contribution is -2.25. The van der Waals surface area contributed by atoms with E-state index >= 15 is 0 Å². The summed E-state index contributed by atoms with van der Waals surface area (Å²) in [5.41, 5.74) is 0.706. The fourth-order valence-corrected chi connectivity index (χ4v) is 5.03. The van der Waals surface area contributed by atoms with Crippen molar-refractivity contribution >= 4 is 0 Å². The molecule has 0 atom stereocenters. The standard InChI is InChI=1S/C24H28F4/c1-2-3-17-4-6-18(7-5-17)19-8-10-20(11-9-19)22-13-12-21(23(25)16-22)14-15-24(26,27)28/h2-3,12-13,16-20H,4-11H2,1H3/b3-2+. The second kappa shape index (κ2) is 9.16. The first kappa shape index (κ1) is 21.0.